The van der Waals surface area contributed by atoms with Crippen molar-refractivity contribution in [1.29, 1.82) is 0 Å². The summed E-state index contributed by atoms with van der Waals surface area (Å²) in [4.78, 5) is 25.1. The Hall–Kier alpha value is -2.83. The van der Waals surface area contributed by atoms with Gasteiger partial charge in [-0.3, -0.25) is 14.9 Å². The van der Waals surface area contributed by atoms with E-state index in [1.54, 1.807) is 12.4 Å². The third-order valence-electron chi connectivity index (χ3n) is 2.75. The molecule has 7 nitrogen and oxygen atoms in total. The topological polar surface area (TPSA) is 97.3 Å². The molecule has 20 heavy (non-hydrogen) atoms. The Morgan fingerprint density at radius 1 is 1.45 bits per heavy atom. The van der Waals surface area contributed by atoms with Crippen molar-refractivity contribution in [3.05, 3.63) is 57.9 Å². The fraction of sp³-hybridized carbons (Fsp3) is 0.154. The lowest BCUT2D eigenvalue weighted by Crippen LogP contribution is -2.23. The maximum Gasteiger partial charge on any atom is 0.270 e. The fourth-order valence-corrected chi connectivity index (χ4v) is 1.73. The second-order valence-electron chi connectivity index (χ2n) is 4.04. The largest absolute Gasteiger partial charge is 0.496 e. The minimum Gasteiger partial charge on any atom is -0.496 e. The molecule has 0 aliphatic carbocycles. The second kappa shape index (κ2) is 5.87. The van der Waals surface area contributed by atoms with E-state index in [4.69, 9.17) is 4.74 Å². The number of aromatic nitrogens is 1. The number of nitrogens with one attached hydrogen (secondary N) is 2. The van der Waals surface area contributed by atoms with Gasteiger partial charge < -0.3 is 15.0 Å². The van der Waals surface area contributed by atoms with Crippen molar-refractivity contribution in [2.24, 2.45) is 0 Å². The molecule has 1 aromatic carbocycles. The summed E-state index contributed by atoms with van der Waals surface area (Å²) in [7, 11) is 1.41. The lowest BCUT2D eigenvalue weighted by atomic mass is 10.1. The zero-order chi connectivity index (χ0) is 14.5. The van der Waals surface area contributed by atoms with Crippen molar-refractivity contribution in [2.45, 2.75) is 6.54 Å². The van der Waals surface area contributed by atoms with Crippen LogP contribution in [0, 0.1) is 10.1 Å². The van der Waals surface area contributed by atoms with Gasteiger partial charge in [-0.05, 0) is 17.7 Å². The predicted molar refractivity (Wildman–Crippen MR) is 71.6 cm³/mol. The number of amides is 1. The number of ether oxygens (including phenoxy) is 1. The monoisotopic (exact) mass is 275 g/mol. The molecule has 0 spiro atoms. The van der Waals surface area contributed by atoms with E-state index in [1.165, 1.54) is 25.3 Å². The van der Waals surface area contributed by atoms with Gasteiger partial charge in [0.2, 0.25) is 0 Å². The van der Waals surface area contributed by atoms with Gasteiger partial charge >= 0.3 is 0 Å². The molecule has 104 valence electrons. The number of benzene rings is 1. The van der Waals surface area contributed by atoms with Crippen molar-refractivity contribution in [3.63, 3.8) is 0 Å². The quantitative estimate of drug-likeness (QED) is 0.642. The van der Waals surface area contributed by atoms with Crippen LogP contribution in [-0.4, -0.2) is 22.9 Å². The number of carbonyl (C=O) groups excluding carboxylic acids is 1. The van der Waals surface area contributed by atoms with E-state index in [1.807, 2.05) is 6.07 Å². The van der Waals surface area contributed by atoms with E-state index in [0.29, 0.717) is 12.3 Å². The molecule has 2 rings (SSSR count). The van der Waals surface area contributed by atoms with Crippen molar-refractivity contribution in [3.8, 4) is 5.75 Å². The van der Waals surface area contributed by atoms with Crippen LogP contribution in [0.5, 0.6) is 5.75 Å². The number of rotatable bonds is 5. The van der Waals surface area contributed by atoms with Crippen LogP contribution < -0.4 is 10.1 Å². The van der Waals surface area contributed by atoms with E-state index in [0.717, 1.165) is 5.56 Å². The van der Waals surface area contributed by atoms with Crippen LogP contribution in [0.15, 0.2) is 36.7 Å². The van der Waals surface area contributed by atoms with Crippen molar-refractivity contribution in [1.82, 2.24) is 10.3 Å². The number of H-pyrrole nitrogens is 1. The van der Waals surface area contributed by atoms with E-state index in [9.17, 15) is 14.9 Å². The first kappa shape index (κ1) is 13.6. The van der Waals surface area contributed by atoms with Gasteiger partial charge in [0.1, 0.15) is 5.75 Å². The molecule has 1 heterocycles. The van der Waals surface area contributed by atoms with Crippen LogP contribution >= 0.6 is 0 Å². The van der Waals surface area contributed by atoms with Crippen molar-refractivity contribution < 1.29 is 14.5 Å². The third-order valence-corrected chi connectivity index (χ3v) is 2.75. The molecule has 0 atom stereocenters. The lowest BCUT2D eigenvalue weighted by molar-refractivity contribution is -0.384. The normalized spacial score (nSPS) is 10.1. The average molecular weight is 275 g/mol. The fourth-order valence-electron chi connectivity index (χ4n) is 1.73. The summed E-state index contributed by atoms with van der Waals surface area (Å²) in [6.07, 6.45) is 3.50. The van der Waals surface area contributed by atoms with Crippen molar-refractivity contribution in [2.75, 3.05) is 7.11 Å². The highest BCUT2D eigenvalue weighted by atomic mass is 16.6. The van der Waals surface area contributed by atoms with E-state index >= 15 is 0 Å². The Kier molecular flexibility index (Phi) is 3.99. The molecular formula is C13H13N3O4. The lowest BCUT2D eigenvalue weighted by Gasteiger charge is -2.08. The molecule has 1 amide bonds. The molecule has 0 bridgehead atoms. The third kappa shape index (κ3) is 2.94. The van der Waals surface area contributed by atoms with Crippen LogP contribution in [0.3, 0.4) is 0 Å². The summed E-state index contributed by atoms with van der Waals surface area (Å²) in [6, 6.07) is 5.72. The second-order valence-corrected chi connectivity index (χ2v) is 4.04. The van der Waals surface area contributed by atoms with Crippen LogP contribution in [0.25, 0.3) is 0 Å². The SMILES string of the molecule is COc1ccc([N+](=O)[O-])cc1C(=O)NCc1cc[nH]c1. The minimum absolute atomic E-state index is 0.136. The Bertz CT molecular complexity index is 623. The van der Waals surface area contributed by atoms with Gasteiger partial charge in [-0.15, -0.1) is 0 Å². The Morgan fingerprint density at radius 2 is 2.25 bits per heavy atom. The minimum atomic E-state index is -0.553. The summed E-state index contributed by atoms with van der Waals surface area (Å²) in [5, 5.41) is 13.4. The molecule has 0 saturated heterocycles. The van der Waals surface area contributed by atoms with E-state index in [2.05, 4.69) is 10.3 Å². The number of hydrogen-bond acceptors (Lipinski definition) is 4. The molecule has 0 aliphatic rings. The number of methoxy groups -OCH3 is 1. The Labute approximate surface area is 114 Å². The number of nitro benzene ring substituents is 1. The first-order valence-electron chi connectivity index (χ1n) is 5.84. The number of nitrogens with zero attached hydrogens (tertiary/aromatic N) is 1. The van der Waals surface area contributed by atoms with Gasteiger partial charge in [-0.25, -0.2) is 0 Å². The van der Waals surface area contributed by atoms with Gasteiger partial charge in [0.05, 0.1) is 17.6 Å². The molecular weight excluding hydrogens is 262 g/mol. The van der Waals surface area contributed by atoms with E-state index < -0.39 is 10.8 Å². The summed E-state index contributed by atoms with van der Waals surface area (Å²) >= 11 is 0. The highest BCUT2D eigenvalue weighted by Crippen LogP contribution is 2.23. The number of carbonyl (C=O) groups is 1. The zero-order valence-corrected chi connectivity index (χ0v) is 10.8. The smallest absolute Gasteiger partial charge is 0.270 e. The van der Waals surface area contributed by atoms with Gasteiger partial charge in [0.25, 0.3) is 11.6 Å². The number of hydrogen-bond donors (Lipinski definition) is 2. The molecule has 0 radical (unpaired) electrons. The molecule has 0 fully saturated rings. The maximum atomic E-state index is 12.1. The molecule has 2 N–H and O–H groups in total. The number of aromatic amines is 1. The first-order valence-corrected chi connectivity index (χ1v) is 5.84. The van der Waals surface area contributed by atoms with Crippen molar-refractivity contribution >= 4 is 11.6 Å². The van der Waals surface area contributed by atoms with E-state index in [-0.39, 0.29) is 11.3 Å². The van der Waals surface area contributed by atoms with Crippen LogP contribution in [-0.2, 0) is 6.54 Å². The molecule has 0 unspecified atom stereocenters. The number of non-ortho nitro benzene ring substituents is 1. The highest BCUT2D eigenvalue weighted by molar-refractivity contribution is 5.97. The number of nitro groups is 1. The summed E-state index contributed by atoms with van der Waals surface area (Å²) in [5.74, 6) is -0.131. The highest BCUT2D eigenvalue weighted by Gasteiger charge is 2.17. The average Bonchev–Trinajstić information content (AvgIpc) is 2.97. The van der Waals surface area contributed by atoms with Crippen LogP contribution in [0.1, 0.15) is 15.9 Å². The molecule has 0 saturated carbocycles. The van der Waals surface area contributed by atoms with Gasteiger partial charge in [-0.2, -0.15) is 0 Å². The first-order chi connectivity index (χ1) is 9.61. The summed E-state index contributed by atoms with van der Waals surface area (Å²) in [5.41, 5.74) is 0.887. The van der Waals surface area contributed by atoms with Gasteiger partial charge in [0, 0.05) is 31.1 Å². The Morgan fingerprint density at radius 3 is 2.85 bits per heavy atom. The zero-order valence-electron chi connectivity index (χ0n) is 10.8. The summed E-state index contributed by atoms with van der Waals surface area (Å²) < 4.78 is 5.05. The summed E-state index contributed by atoms with van der Waals surface area (Å²) in [6.45, 7) is 0.328. The van der Waals surface area contributed by atoms with Crippen LogP contribution in [0.4, 0.5) is 5.69 Å². The molecule has 7 heteroatoms. The standard InChI is InChI=1S/C13H13N3O4/c1-20-12-3-2-10(16(18)19)6-11(12)13(17)15-8-9-4-5-14-7-9/h2-7,14H,8H2,1H3,(H,15,17). The Balaban J connectivity index is 2.18. The molecule has 2 aromatic rings. The molecule has 1 aromatic heterocycles. The maximum absolute atomic E-state index is 12.1. The molecule has 0 aliphatic heterocycles. The van der Waals surface area contributed by atoms with Crippen LogP contribution in [0.2, 0.25) is 0 Å². The predicted octanol–water partition coefficient (Wildman–Crippen LogP) is 1.86. The van der Waals surface area contributed by atoms with Gasteiger partial charge in [-0.1, -0.05) is 0 Å². The van der Waals surface area contributed by atoms with Gasteiger partial charge in [0.15, 0.2) is 0 Å².